The molecule has 0 aliphatic heterocycles. The monoisotopic (exact) mass is 266 g/mol. The molecule has 2 aromatic heterocycles. The van der Waals surface area contributed by atoms with E-state index in [1.807, 2.05) is 23.6 Å². The second-order valence-electron chi connectivity index (χ2n) is 3.63. The van der Waals surface area contributed by atoms with Gasteiger partial charge in [0, 0.05) is 14.6 Å². The lowest BCUT2D eigenvalue weighted by molar-refractivity contribution is 0.240. The Morgan fingerprint density at radius 2 is 1.94 bits per heavy atom. The summed E-state index contributed by atoms with van der Waals surface area (Å²) < 4.78 is 0. The highest BCUT2D eigenvalue weighted by Crippen LogP contribution is 2.14. The molecule has 5 heteroatoms. The molecule has 3 nitrogen and oxygen atoms in total. The molecule has 0 aliphatic rings. The Balaban J connectivity index is 1.71. The number of nitrogens with one attached hydrogen (secondary N) is 2. The number of rotatable bonds is 4. The largest absolute Gasteiger partial charge is 0.333 e. The predicted octanol–water partition coefficient (Wildman–Crippen LogP) is 3.12. The molecule has 0 saturated heterocycles. The SMILES string of the molecule is Cc1ccc(CNC(=O)NCc2cccs2)s1. The van der Waals surface area contributed by atoms with E-state index in [2.05, 4.69) is 23.6 Å². The third kappa shape index (κ3) is 3.87. The highest BCUT2D eigenvalue weighted by atomic mass is 32.1. The van der Waals surface area contributed by atoms with Crippen LogP contribution in [0, 0.1) is 6.92 Å². The van der Waals surface area contributed by atoms with Crippen LogP contribution in [0.5, 0.6) is 0 Å². The van der Waals surface area contributed by atoms with Crippen molar-refractivity contribution in [3.63, 3.8) is 0 Å². The first kappa shape index (κ1) is 12.1. The third-order valence-electron chi connectivity index (χ3n) is 2.22. The Bertz CT molecular complexity index is 476. The zero-order chi connectivity index (χ0) is 12.1. The van der Waals surface area contributed by atoms with Gasteiger partial charge < -0.3 is 10.6 Å². The minimum absolute atomic E-state index is 0.121. The lowest BCUT2D eigenvalue weighted by Crippen LogP contribution is -2.34. The highest BCUT2D eigenvalue weighted by molar-refractivity contribution is 7.11. The van der Waals surface area contributed by atoms with Crippen LogP contribution in [0.15, 0.2) is 29.6 Å². The molecule has 2 rings (SSSR count). The molecule has 0 unspecified atom stereocenters. The second-order valence-corrected chi connectivity index (χ2v) is 6.03. The Labute approximate surface area is 108 Å². The normalized spacial score (nSPS) is 10.2. The average Bonchev–Trinajstić information content (AvgIpc) is 2.95. The Morgan fingerprint density at radius 1 is 1.18 bits per heavy atom. The van der Waals surface area contributed by atoms with Crippen molar-refractivity contribution in [1.82, 2.24) is 10.6 Å². The van der Waals surface area contributed by atoms with Gasteiger partial charge in [-0.05, 0) is 30.5 Å². The van der Waals surface area contributed by atoms with Crippen molar-refractivity contribution in [3.8, 4) is 0 Å². The maximum absolute atomic E-state index is 11.5. The third-order valence-corrected chi connectivity index (χ3v) is 4.10. The highest BCUT2D eigenvalue weighted by Gasteiger charge is 2.02. The van der Waals surface area contributed by atoms with Gasteiger partial charge in [-0.3, -0.25) is 0 Å². The summed E-state index contributed by atoms with van der Waals surface area (Å²) >= 11 is 3.35. The van der Waals surface area contributed by atoms with E-state index in [0.29, 0.717) is 13.1 Å². The van der Waals surface area contributed by atoms with Crippen LogP contribution in [0.1, 0.15) is 14.6 Å². The fourth-order valence-electron chi connectivity index (χ4n) is 1.39. The van der Waals surface area contributed by atoms with Gasteiger partial charge in [-0.25, -0.2) is 4.79 Å². The zero-order valence-electron chi connectivity index (χ0n) is 9.53. The van der Waals surface area contributed by atoms with E-state index >= 15 is 0 Å². The number of carbonyl (C=O) groups excluding carboxylic acids is 1. The zero-order valence-corrected chi connectivity index (χ0v) is 11.2. The van der Waals surface area contributed by atoms with Gasteiger partial charge in [0.25, 0.3) is 0 Å². The van der Waals surface area contributed by atoms with Crippen molar-refractivity contribution in [2.45, 2.75) is 20.0 Å². The van der Waals surface area contributed by atoms with Crippen molar-refractivity contribution in [1.29, 1.82) is 0 Å². The molecule has 0 saturated carbocycles. The standard InChI is InChI=1S/C12H14N2OS2/c1-9-4-5-11(17-9)8-14-12(15)13-7-10-3-2-6-16-10/h2-6H,7-8H2,1H3,(H2,13,14,15). The summed E-state index contributed by atoms with van der Waals surface area (Å²) in [6.07, 6.45) is 0. The van der Waals surface area contributed by atoms with Crippen LogP contribution in [-0.2, 0) is 13.1 Å². The van der Waals surface area contributed by atoms with Gasteiger partial charge in [0.2, 0.25) is 0 Å². The van der Waals surface area contributed by atoms with Gasteiger partial charge in [-0.15, -0.1) is 22.7 Å². The van der Waals surface area contributed by atoms with Crippen molar-refractivity contribution in [2.24, 2.45) is 0 Å². The number of thiophene rings is 2. The van der Waals surface area contributed by atoms with Crippen molar-refractivity contribution in [3.05, 3.63) is 44.3 Å². The van der Waals surface area contributed by atoms with E-state index in [1.165, 1.54) is 9.75 Å². The number of amides is 2. The molecule has 2 amide bonds. The van der Waals surface area contributed by atoms with Gasteiger partial charge in [-0.1, -0.05) is 6.07 Å². The van der Waals surface area contributed by atoms with Crippen molar-refractivity contribution in [2.75, 3.05) is 0 Å². The molecule has 0 aliphatic carbocycles. The lowest BCUT2D eigenvalue weighted by Gasteiger charge is -2.05. The first-order valence-electron chi connectivity index (χ1n) is 5.33. The van der Waals surface area contributed by atoms with Gasteiger partial charge >= 0.3 is 6.03 Å². The Hall–Kier alpha value is -1.33. The molecule has 90 valence electrons. The van der Waals surface area contributed by atoms with Gasteiger partial charge in [0.1, 0.15) is 0 Å². The summed E-state index contributed by atoms with van der Waals surface area (Å²) in [5, 5.41) is 7.67. The molecule has 0 aromatic carbocycles. The van der Waals surface area contributed by atoms with Crippen LogP contribution in [0.3, 0.4) is 0 Å². The maximum Gasteiger partial charge on any atom is 0.315 e. The topological polar surface area (TPSA) is 41.1 Å². The van der Waals surface area contributed by atoms with Gasteiger partial charge in [0.05, 0.1) is 13.1 Å². The molecule has 0 spiro atoms. The summed E-state index contributed by atoms with van der Waals surface area (Å²) in [5.74, 6) is 0. The second kappa shape index (κ2) is 5.84. The Kier molecular flexibility index (Phi) is 4.17. The molecule has 17 heavy (non-hydrogen) atoms. The van der Waals surface area contributed by atoms with Crippen LogP contribution in [0.25, 0.3) is 0 Å². The fourth-order valence-corrected chi connectivity index (χ4v) is 2.87. The predicted molar refractivity (Wildman–Crippen MR) is 72.5 cm³/mol. The van der Waals surface area contributed by atoms with Gasteiger partial charge in [-0.2, -0.15) is 0 Å². The van der Waals surface area contributed by atoms with Crippen LogP contribution in [0.4, 0.5) is 4.79 Å². The molecule has 0 atom stereocenters. The molecule has 0 bridgehead atoms. The smallest absolute Gasteiger partial charge is 0.315 e. The summed E-state index contributed by atoms with van der Waals surface area (Å²) in [4.78, 5) is 15.1. The summed E-state index contributed by atoms with van der Waals surface area (Å²) in [5.41, 5.74) is 0. The minimum atomic E-state index is -0.121. The average molecular weight is 266 g/mol. The van der Waals surface area contributed by atoms with Crippen molar-refractivity contribution < 1.29 is 4.79 Å². The molecule has 2 N–H and O–H groups in total. The molecule has 2 heterocycles. The maximum atomic E-state index is 11.5. The Morgan fingerprint density at radius 3 is 2.53 bits per heavy atom. The summed E-state index contributed by atoms with van der Waals surface area (Å²) in [7, 11) is 0. The van der Waals surface area contributed by atoms with E-state index < -0.39 is 0 Å². The summed E-state index contributed by atoms with van der Waals surface area (Å²) in [6.45, 7) is 3.24. The molecule has 2 aromatic rings. The summed E-state index contributed by atoms with van der Waals surface area (Å²) in [6, 6.07) is 7.97. The molecular weight excluding hydrogens is 252 g/mol. The van der Waals surface area contributed by atoms with E-state index in [9.17, 15) is 4.79 Å². The fraction of sp³-hybridized carbons (Fsp3) is 0.250. The number of carbonyl (C=O) groups is 1. The van der Waals surface area contributed by atoms with E-state index in [4.69, 9.17) is 0 Å². The van der Waals surface area contributed by atoms with Crippen LogP contribution < -0.4 is 10.6 Å². The van der Waals surface area contributed by atoms with E-state index in [1.54, 1.807) is 22.7 Å². The van der Waals surface area contributed by atoms with E-state index in [0.717, 1.165) is 4.88 Å². The van der Waals surface area contributed by atoms with Gasteiger partial charge in [0.15, 0.2) is 0 Å². The lowest BCUT2D eigenvalue weighted by atomic mass is 10.4. The van der Waals surface area contributed by atoms with Crippen LogP contribution >= 0.6 is 22.7 Å². The minimum Gasteiger partial charge on any atom is -0.333 e. The number of urea groups is 1. The number of hydrogen-bond acceptors (Lipinski definition) is 3. The van der Waals surface area contributed by atoms with Crippen LogP contribution in [-0.4, -0.2) is 6.03 Å². The van der Waals surface area contributed by atoms with Crippen LogP contribution in [0.2, 0.25) is 0 Å². The van der Waals surface area contributed by atoms with E-state index in [-0.39, 0.29) is 6.03 Å². The van der Waals surface area contributed by atoms with Crippen molar-refractivity contribution >= 4 is 28.7 Å². The first-order valence-corrected chi connectivity index (χ1v) is 7.03. The number of aryl methyl sites for hydroxylation is 1. The first-order chi connectivity index (χ1) is 8.24. The molecular formula is C12H14N2OS2. The quantitative estimate of drug-likeness (QED) is 0.877. The molecule has 0 radical (unpaired) electrons. The molecule has 0 fully saturated rings. The number of hydrogen-bond donors (Lipinski definition) is 2.